The first kappa shape index (κ1) is 33.0. The minimum atomic E-state index is -5.02. The van der Waals surface area contributed by atoms with Crippen molar-refractivity contribution >= 4 is 66.8 Å². The molecule has 45 heavy (non-hydrogen) atoms. The largest absolute Gasteiger partial charge is 0.493 e. The van der Waals surface area contributed by atoms with Crippen molar-refractivity contribution in [3.63, 3.8) is 0 Å². The van der Waals surface area contributed by atoms with Gasteiger partial charge in [-0.25, -0.2) is 9.79 Å². The molecule has 0 saturated heterocycles. The van der Waals surface area contributed by atoms with Crippen LogP contribution in [0.5, 0.6) is 11.5 Å². The smallest absolute Gasteiger partial charge is 0.434 e. The summed E-state index contributed by atoms with van der Waals surface area (Å²) >= 11 is 13.6. The molecular formula is C31H22Br2ClF3N2O5S. The number of hydrogen-bond donors (Lipinski definition) is 0. The minimum absolute atomic E-state index is 0.0491. The second-order valence-corrected chi connectivity index (χ2v) is 12.8. The van der Waals surface area contributed by atoms with Crippen molar-refractivity contribution in [2.75, 3.05) is 13.7 Å². The Balaban J connectivity index is 1.72. The van der Waals surface area contributed by atoms with Crippen molar-refractivity contribution in [2.45, 2.75) is 25.7 Å². The first-order valence-electron chi connectivity index (χ1n) is 13.2. The van der Waals surface area contributed by atoms with E-state index in [2.05, 4.69) is 36.9 Å². The molecule has 1 aliphatic heterocycles. The molecule has 0 bridgehead atoms. The van der Waals surface area contributed by atoms with Gasteiger partial charge in [0.25, 0.3) is 5.56 Å². The lowest BCUT2D eigenvalue weighted by Gasteiger charge is -2.26. The lowest BCUT2D eigenvalue weighted by atomic mass is 9.95. The van der Waals surface area contributed by atoms with Gasteiger partial charge in [-0.3, -0.25) is 9.36 Å². The zero-order valence-corrected chi connectivity index (χ0v) is 28.2. The van der Waals surface area contributed by atoms with Crippen LogP contribution >= 0.6 is 54.8 Å². The van der Waals surface area contributed by atoms with E-state index in [0.29, 0.717) is 26.6 Å². The van der Waals surface area contributed by atoms with Crippen LogP contribution in [0.4, 0.5) is 13.2 Å². The highest BCUT2D eigenvalue weighted by atomic mass is 79.9. The van der Waals surface area contributed by atoms with Crippen LogP contribution in [0.25, 0.3) is 6.08 Å². The molecule has 4 aromatic rings. The zero-order chi connectivity index (χ0) is 32.5. The normalized spacial score (nSPS) is 15.0. The molecule has 0 radical (unpaired) electrons. The number of halogens is 6. The first-order chi connectivity index (χ1) is 21.4. The lowest BCUT2D eigenvalue weighted by molar-refractivity contribution is -0.140. The van der Waals surface area contributed by atoms with E-state index >= 15 is 0 Å². The number of benzene rings is 3. The molecule has 0 spiro atoms. The summed E-state index contributed by atoms with van der Waals surface area (Å²) in [5.41, 5.74) is -1.39. The highest BCUT2D eigenvalue weighted by Gasteiger charge is 2.45. The lowest BCUT2D eigenvalue weighted by Crippen LogP contribution is -2.41. The van der Waals surface area contributed by atoms with Gasteiger partial charge in [0.2, 0.25) is 0 Å². The molecule has 1 atom stereocenters. The van der Waals surface area contributed by atoms with Crippen LogP contribution < -0.4 is 24.4 Å². The van der Waals surface area contributed by atoms with E-state index in [-0.39, 0.29) is 28.1 Å². The Labute approximate surface area is 280 Å². The van der Waals surface area contributed by atoms with Crippen LogP contribution in [-0.4, -0.2) is 30.4 Å². The van der Waals surface area contributed by atoms with Gasteiger partial charge in [-0.2, -0.15) is 13.2 Å². The quantitative estimate of drug-likeness (QED) is 0.178. The second-order valence-electron chi connectivity index (χ2n) is 9.56. The maximum atomic E-state index is 14.4. The molecule has 1 aromatic heterocycles. The fourth-order valence-corrected chi connectivity index (χ4v) is 6.52. The van der Waals surface area contributed by atoms with E-state index < -0.39 is 35.0 Å². The van der Waals surface area contributed by atoms with Crippen molar-refractivity contribution in [1.82, 2.24) is 4.57 Å². The van der Waals surface area contributed by atoms with Gasteiger partial charge in [0.15, 0.2) is 22.0 Å². The van der Waals surface area contributed by atoms with E-state index in [9.17, 15) is 22.8 Å². The summed E-state index contributed by atoms with van der Waals surface area (Å²) in [6.07, 6.45) is -3.53. The molecule has 5 rings (SSSR count). The van der Waals surface area contributed by atoms with Crippen LogP contribution in [0.2, 0.25) is 5.02 Å². The van der Waals surface area contributed by atoms with Gasteiger partial charge in [0.1, 0.15) is 6.61 Å². The monoisotopic (exact) mass is 784 g/mol. The van der Waals surface area contributed by atoms with Crippen molar-refractivity contribution in [2.24, 2.45) is 4.99 Å². The molecule has 2 heterocycles. The molecule has 0 fully saturated rings. The molecule has 14 heteroatoms. The maximum absolute atomic E-state index is 14.4. The fraction of sp³-hybridized carbons (Fsp3) is 0.194. The Bertz CT molecular complexity index is 1970. The van der Waals surface area contributed by atoms with Crippen molar-refractivity contribution in [3.8, 4) is 11.5 Å². The van der Waals surface area contributed by atoms with Gasteiger partial charge in [0, 0.05) is 19.5 Å². The average Bonchev–Trinajstić information content (AvgIpc) is 3.30. The van der Waals surface area contributed by atoms with Crippen molar-refractivity contribution < 1.29 is 32.2 Å². The van der Waals surface area contributed by atoms with Crippen LogP contribution in [0.1, 0.15) is 29.7 Å². The Hall–Kier alpha value is -3.39. The fourth-order valence-electron chi connectivity index (χ4n) is 4.68. The summed E-state index contributed by atoms with van der Waals surface area (Å²) in [7, 11) is 1.47. The molecule has 7 nitrogen and oxygen atoms in total. The van der Waals surface area contributed by atoms with Crippen LogP contribution in [0.3, 0.4) is 0 Å². The summed E-state index contributed by atoms with van der Waals surface area (Å²) in [6.45, 7) is 1.46. The predicted molar refractivity (Wildman–Crippen MR) is 171 cm³/mol. The van der Waals surface area contributed by atoms with Gasteiger partial charge in [-0.05, 0) is 60.5 Å². The Morgan fingerprint density at radius 3 is 2.40 bits per heavy atom. The van der Waals surface area contributed by atoms with Gasteiger partial charge in [-0.1, -0.05) is 79.1 Å². The molecule has 3 aromatic carbocycles. The highest BCUT2D eigenvalue weighted by Crippen LogP contribution is 2.39. The summed E-state index contributed by atoms with van der Waals surface area (Å²) in [4.78, 5) is 30.6. The summed E-state index contributed by atoms with van der Waals surface area (Å²) in [5, 5.41) is 0.322. The van der Waals surface area contributed by atoms with E-state index in [1.807, 2.05) is 24.3 Å². The predicted octanol–water partition coefficient (Wildman–Crippen LogP) is 7.11. The number of methoxy groups -OCH3 is 1. The average molecular weight is 787 g/mol. The van der Waals surface area contributed by atoms with Crippen LogP contribution in [-0.2, 0) is 16.1 Å². The zero-order valence-electron chi connectivity index (χ0n) is 23.5. The van der Waals surface area contributed by atoms with Gasteiger partial charge in [-0.15, -0.1) is 0 Å². The number of alkyl halides is 3. The van der Waals surface area contributed by atoms with Crippen molar-refractivity contribution in [1.29, 1.82) is 0 Å². The number of esters is 1. The Morgan fingerprint density at radius 1 is 1.09 bits per heavy atom. The number of hydrogen-bond acceptors (Lipinski definition) is 7. The highest BCUT2D eigenvalue weighted by molar-refractivity contribution is 9.10. The molecule has 0 aliphatic carbocycles. The maximum Gasteiger partial charge on any atom is 0.434 e. The number of thiazole rings is 1. The van der Waals surface area contributed by atoms with Gasteiger partial charge >= 0.3 is 12.1 Å². The topological polar surface area (TPSA) is 79.1 Å². The van der Waals surface area contributed by atoms with Crippen LogP contribution in [0, 0.1) is 0 Å². The molecule has 1 aliphatic rings. The molecule has 0 amide bonds. The number of aromatic nitrogens is 1. The third-order valence-corrected chi connectivity index (χ3v) is 8.85. The standard InChI is InChI=1S/C31H22Br2ClF3N2O5S/c1-3-43-29(41)24-25(17-6-10-21(34)11-7-17)39-28(40)23(45-30(39)38-27(24)31(35,36)37)13-18-12-20(33)14-22(42-2)26(18)44-15-16-4-8-19(32)9-5-16/h4-14,25H,3,15H2,1-2H3/b23-13-/t25-/m0/s1. The van der Waals surface area contributed by atoms with E-state index in [4.69, 9.17) is 25.8 Å². The van der Waals surface area contributed by atoms with E-state index in [0.717, 1.165) is 25.9 Å². The van der Waals surface area contributed by atoms with Gasteiger partial charge < -0.3 is 14.2 Å². The first-order valence-corrected chi connectivity index (χ1v) is 16.0. The number of nitrogens with zero attached hydrogens (tertiary/aromatic N) is 2. The summed E-state index contributed by atoms with van der Waals surface area (Å²) in [5.74, 6) is -0.557. The third kappa shape index (κ3) is 7.06. The molecular weight excluding hydrogens is 765 g/mol. The van der Waals surface area contributed by atoms with Crippen LogP contribution in [0.15, 0.2) is 90.7 Å². The molecule has 0 unspecified atom stereocenters. The number of fused-ring (bicyclic) bond motifs is 1. The summed E-state index contributed by atoms with van der Waals surface area (Å²) in [6, 6.07) is 15.2. The molecule has 0 N–H and O–H groups in total. The number of carbonyl (C=O) groups is 1. The van der Waals surface area contributed by atoms with Crippen molar-refractivity contribution in [3.05, 3.63) is 122 Å². The van der Waals surface area contributed by atoms with E-state index in [1.165, 1.54) is 44.4 Å². The number of ether oxygens (including phenoxy) is 3. The SMILES string of the molecule is CCOC(=O)C1=C(C(F)(F)F)N=c2s/c(=C\c3cc(Br)cc(OC)c3OCc3ccc(Br)cc3)c(=O)n2[C@H]1c1ccc(Cl)cc1. The Morgan fingerprint density at radius 2 is 1.78 bits per heavy atom. The summed E-state index contributed by atoms with van der Waals surface area (Å²) < 4.78 is 62.6. The second kappa shape index (κ2) is 13.5. The number of allylic oxidation sites excluding steroid dienone is 1. The number of rotatable bonds is 8. The third-order valence-electron chi connectivity index (χ3n) is 6.63. The van der Waals surface area contributed by atoms with Gasteiger partial charge in [0.05, 0.1) is 29.9 Å². The molecule has 0 saturated carbocycles. The Kier molecular flexibility index (Phi) is 9.92. The number of carbonyl (C=O) groups excluding carboxylic acids is 1. The van der Waals surface area contributed by atoms with E-state index in [1.54, 1.807) is 12.1 Å². The molecule has 234 valence electrons. The minimum Gasteiger partial charge on any atom is -0.493 e.